The molecule has 1 aliphatic rings. The van der Waals surface area contributed by atoms with Crippen LogP contribution in [0.4, 0.5) is 5.69 Å². The molecule has 0 spiro atoms. The Morgan fingerprint density at radius 3 is 2.81 bits per heavy atom. The maximum Gasteiger partial charge on any atom is 0.251 e. The second-order valence-corrected chi connectivity index (χ2v) is 4.38. The first-order valence-corrected chi connectivity index (χ1v) is 5.68. The Kier molecular flexibility index (Phi) is 2.96. The lowest BCUT2D eigenvalue weighted by atomic mass is 9.99. The molecule has 5 nitrogen and oxygen atoms in total. The molecule has 1 aromatic heterocycles. The fourth-order valence-corrected chi connectivity index (χ4v) is 2.10. The summed E-state index contributed by atoms with van der Waals surface area (Å²) in [6.07, 6.45) is 1.98. The topological polar surface area (TPSA) is 72.9 Å². The summed E-state index contributed by atoms with van der Waals surface area (Å²) in [5, 5.41) is 7.43. The number of anilines is 1. The minimum atomic E-state index is 0.0335. The van der Waals surface area contributed by atoms with Crippen LogP contribution in [-0.2, 0) is 0 Å². The first kappa shape index (κ1) is 11.1. The van der Waals surface area contributed by atoms with Crippen LogP contribution in [0.3, 0.4) is 0 Å². The van der Waals surface area contributed by atoms with Crippen molar-refractivity contribution in [3.8, 4) is 0 Å². The van der Waals surface area contributed by atoms with Crippen LogP contribution in [0, 0.1) is 19.8 Å². The zero-order valence-electron chi connectivity index (χ0n) is 9.79. The van der Waals surface area contributed by atoms with Crippen LogP contribution in [0.25, 0.3) is 0 Å². The highest BCUT2D eigenvalue weighted by molar-refractivity contribution is 5.82. The van der Waals surface area contributed by atoms with Crippen LogP contribution in [0.15, 0.2) is 0 Å². The lowest BCUT2D eigenvalue weighted by Gasteiger charge is -2.21. The minimum Gasteiger partial charge on any atom is -0.396 e. The van der Waals surface area contributed by atoms with Crippen LogP contribution in [0.1, 0.15) is 29.0 Å². The number of aryl methyl sites for hydroxylation is 1. The fraction of sp³-hybridized carbons (Fsp3) is 0.636. The van der Waals surface area contributed by atoms with E-state index in [0.717, 1.165) is 37.3 Å². The molecule has 2 rings (SSSR count). The number of carbonyl (C=O) groups is 1. The summed E-state index contributed by atoms with van der Waals surface area (Å²) in [6, 6.07) is 0. The molecule has 3 N–H and O–H groups in total. The SMILES string of the molecule is Cc1nn(C(=O)C2CCCNC2)c(C)c1N. The number of nitrogens with one attached hydrogen (secondary N) is 1. The van der Waals surface area contributed by atoms with Gasteiger partial charge in [0.2, 0.25) is 0 Å². The highest BCUT2D eigenvalue weighted by Crippen LogP contribution is 2.18. The van der Waals surface area contributed by atoms with E-state index in [1.807, 2.05) is 13.8 Å². The highest BCUT2D eigenvalue weighted by Gasteiger charge is 2.25. The molecule has 0 amide bonds. The molecule has 1 saturated heterocycles. The number of nitrogen functional groups attached to an aromatic ring is 1. The fourth-order valence-electron chi connectivity index (χ4n) is 2.10. The molecule has 5 heteroatoms. The first-order chi connectivity index (χ1) is 7.61. The Labute approximate surface area is 95.0 Å². The number of piperidine rings is 1. The average Bonchev–Trinajstić information content (AvgIpc) is 2.57. The van der Waals surface area contributed by atoms with Crippen LogP contribution < -0.4 is 11.1 Å². The van der Waals surface area contributed by atoms with Gasteiger partial charge >= 0.3 is 0 Å². The summed E-state index contributed by atoms with van der Waals surface area (Å²) in [5.41, 5.74) is 7.93. The largest absolute Gasteiger partial charge is 0.396 e. The molecule has 0 bridgehead atoms. The maximum absolute atomic E-state index is 12.2. The summed E-state index contributed by atoms with van der Waals surface area (Å²) in [7, 11) is 0. The minimum absolute atomic E-state index is 0.0335. The number of rotatable bonds is 1. The monoisotopic (exact) mass is 222 g/mol. The van der Waals surface area contributed by atoms with Gasteiger partial charge in [-0.15, -0.1) is 0 Å². The van der Waals surface area contributed by atoms with Crippen LogP contribution >= 0.6 is 0 Å². The van der Waals surface area contributed by atoms with Gasteiger partial charge in [0, 0.05) is 6.54 Å². The van der Waals surface area contributed by atoms with Crippen molar-refractivity contribution in [2.24, 2.45) is 5.92 Å². The van der Waals surface area contributed by atoms with Crippen molar-refractivity contribution in [2.75, 3.05) is 18.8 Å². The van der Waals surface area contributed by atoms with Gasteiger partial charge in [0.25, 0.3) is 5.91 Å². The lowest BCUT2D eigenvalue weighted by molar-refractivity contribution is 0.0792. The molecule has 1 atom stereocenters. The van der Waals surface area contributed by atoms with Crippen molar-refractivity contribution in [3.05, 3.63) is 11.4 Å². The second kappa shape index (κ2) is 4.25. The van der Waals surface area contributed by atoms with E-state index in [1.165, 1.54) is 4.68 Å². The molecule has 0 aliphatic carbocycles. The van der Waals surface area contributed by atoms with E-state index in [9.17, 15) is 4.79 Å². The van der Waals surface area contributed by atoms with Crippen molar-refractivity contribution in [2.45, 2.75) is 26.7 Å². The van der Waals surface area contributed by atoms with Gasteiger partial charge in [-0.05, 0) is 33.2 Å². The summed E-state index contributed by atoms with van der Waals surface area (Å²) in [5.74, 6) is 0.0932. The van der Waals surface area contributed by atoms with Crippen LogP contribution in [-0.4, -0.2) is 28.8 Å². The molecular weight excluding hydrogens is 204 g/mol. The number of aromatic nitrogens is 2. The normalized spacial score (nSPS) is 21.0. The summed E-state index contributed by atoms with van der Waals surface area (Å²) < 4.78 is 1.46. The number of hydrogen-bond donors (Lipinski definition) is 2. The summed E-state index contributed by atoms with van der Waals surface area (Å²) >= 11 is 0. The average molecular weight is 222 g/mol. The summed E-state index contributed by atoms with van der Waals surface area (Å²) in [4.78, 5) is 12.2. The van der Waals surface area contributed by atoms with E-state index in [4.69, 9.17) is 5.73 Å². The number of hydrogen-bond acceptors (Lipinski definition) is 4. The Bertz CT molecular complexity index is 404. The predicted molar refractivity (Wildman–Crippen MR) is 62.3 cm³/mol. The highest BCUT2D eigenvalue weighted by atomic mass is 16.2. The predicted octanol–water partition coefficient (Wildman–Crippen LogP) is 0.722. The Morgan fingerprint density at radius 1 is 1.56 bits per heavy atom. The van der Waals surface area contributed by atoms with Crippen LogP contribution in [0.5, 0.6) is 0 Å². The molecular formula is C11H18N4O. The number of nitrogens with zero attached hydrogens (tertiary/aromatic N) is 2. The Hall–Kier alpha value is -1.36. The molecule has 16 heavy (non-hydrogen) atoms. The second-order valence-electron chi connectivity index (χ2n) is 4.38. The zero-order chi connectivity index (χ0) is 11.7. The quantitative estimate of drug-likeness (QED) is 0.734. The van der Waals surface area contributed by atoms with E-state index < -0.39 is 0 Å². The van der Waals surface area contributed by atoms with Gasteiger partial charge in [0.05, 0.1) is 23.0 Å². The van der Waals surface area contributed by atoms with Crippen LogP contribution in [0.2, 0.25) is 0 Å². The van der Waals surface area contributed by atoms with Crippen molar-refractivity contribution in [3.63, 3.8) is 0 Å². The molecule has 0 radical (unpaired) electrons. The number of nitrogens with two attached hydrogens (primary N) is 1. The Balaban J connectivity index is 2.22. The van der Waals surface area contributed by atoms with Gasteiger partial charge in [-0.2, -0.15) is 5.10 Å². The van der Waals surface area contributed by atoms with Gasteiger partial charge in [0.15, 0.2) is 0 Å². The third kappa shape index (κ3) is 1.82. The molecule has 1 fully saturated rings. The van der Waals surface area contributed by atoms with Crippen molar-refractivity contribution in [1.82, 2.24) is 15.1 Å². The first-order valence-electron chi connectivity index (χ1n) is 5.68. The summed E-state index contributed by atoms with van der Waals surface area (Å²) in [6.45, 7) is 5.41. The van der Waals surface area contributed by atoms with Gasteiger partial charge in [0.1, 0.15) is 0 Å². The van der Waals surface area contributed by atoms with Crippen molar-refractivity contribution in [1.29, 1.82) is 0 Å². The lowest BCUT2D eigenvalue weighted by Crippen LogP contribution is -2.37. The molecule has 2 heterocycles. The van der Waals surface area contributed by atoms with Gasteiger partial charge in [-0.3, -0.25) is 4.79 Å². The van der Waals surface area contributed by atoms with Gasteiger partial charge < -0.3 is 11.1 Å². The number of carbonyl (C=O) groups excluding carboxylic acids is 1. The third-order valence-corrected chi connectivity index (χ3v) is 3.20. The molecule has 1 aliphatic heterocycles. The van der Waals surface area contributed by atoms with E-state index in [-0.39, 0.29) is 11.8 Å². The molecule has 88 valence electrons. The van der Waals surface area contributed by atoms with Crippen molar-refractivity contribution < 1.29 is 4.79 Å². The molecule has 1 aromatic rings. The van der Waals surface area contributed by atoms with E-state index >= 15 is 0 Å². The zero-order valence-corrected chi connectivity index (χ0v) is 9.79. The molecule has 1 unspecified atom stereocenters. The standard InChI is InChI=1S/C11H18N4O/c1-7-10(12)8(2)15(14-7)11(16)9-4-3-5-13-6-9/h9,13H,3-6,12H2,1-2H3. The van der Waals surface area contributed by atoms with Gasteiger partial charge in [-0.1, -0.05) is 0 Å². The van der Waals surface area contributed by atoms with Crippen molar-refractivity contribution >= 4 is 11.6 Å². The third-order valence-electron chi connectivity index (χ3n) is 3.20. The smallest absolute Gasteiger partial charge is 0.251 e. The van der Waals surface area contributed by atoms with E-state index in [2.05, 4.69) is 10.4 Å². The molecule has 0 saturated carbocycles. The maximum atomic E-state index is 12.2. The molecule has 0 aromatic carbocycles. The Morgan fingerprint density at radius 2 is 2.31 bits per heavy atom. The van der Waals surface area contributed by atoms with Gasteiger partial charge in [-0.25, -0.2) is 4.68 Å². The van der Waals surface area contributed by atoms with E-state index in [0.29, 0.717) is 5.69 Å². The van der Waals surface area contributed by atoms with E-state index in [1.54, 1.807) is 0 Å².